The molecular formula is C8H16N2O5. The molecule has 0 unspecified atom stereocenters. The number of hydrogen-bond donors (Lipinski definition) is 2. The van der Waals surface area contributed by atoms with Gasteiger partial charge in [0.2, 0.25) is 5.91 Å². The third-order valence-corrected chi connectivity index (χ3v) is 1.57. The van der Waals surface area contributed by atoms with E-state index in [4.69, 9.17) is 5.73 Å². The van der Waals surface area contributed by atoms with Gasteiger partial charge in [0.15, 0.2) is 0 Å². The van der Waals surface area contributed by atoms with E-state index < -0.39 is 6.09 Å². The molecule has 0 saturated carbocycles. The molecule has 0 saturated heterocycles. The molecule has 0 atom stereocenters. The van der Waals surface area contributed by atoms with Crippen LogP contribution in [0.4, 0.5) is 4.79 Å². The van der Waals surface area contributed by atoms with Crippen LogP contribution in [0.3, 0.4) is 0 Å². The van der Waals surface area contributed by atoms with E-state index in [0.717, 1.165) is 25.7 Å². The highest BCUT2D eigenvalue weighted by Crippen LogP contribution is 2.02. The first kappa shape index (κ1) is 13.7. The smallest absolute Gasteiger partial charge is 0.370 e. The fourth-order valence-corrected chi connectivity index (χ4v) is 0.905. The zero-order valence-electron chi connectivity index (χ0n) is 8.44. The van der Waals surface area contributed by atoms with Gasteiger partial charge in [-0.2, -0.15) is 4.89 Å². The van der Waals surface area contributed by atoms with Gasteiger partial charge in [0.25, 0.3) is 0 Å². The van der Waals surface area contributed by atoms with Gasteiger partial charge in [-0.1, -0.05) is 12.8 Å². The molecule has 0 aliphatic heterocycles. The van der Waals surface area contributed by atoms with Gasteiger partial charge in [0, 0.05) is 6.42 Å². The van der Waals surface area contributed by atoms with Crippen molar-refractivity contribution in [2.45, 2.75) is 32.1 Å². The second-order valence-electron chi connectivity index (χ2n) is 2.92. The summed E-state index contributed by atoms with van der Waals surface area (Å²) in [5.41, 5.74) is 9.55. The SMILES string of the molecule is NC(=O)CCCCCCOOOC(N)=O. The molecule has 0 rings (SSSR count). The fraction of sp³-hybridized carbons (Fsp3) is 0.750. The predicted octanol–water partition coefficient (Wildman–Crippen LogP) is 0.381. The summed E-state index contributed by atoms with van der Waals surface area (Å²) >= 11 is 0. The lowest BCUT2D eigenvalue weighted by Gasteiger charge is -2.00. The Labute approximate surface area is 87.5 Å². The lowest BCUT2D eigenvalue weighted by atomic mass is 10.1. The molecule has 88 valence electrons. The third-order valence-electron chi connectivity index (χ3n) is 1.57. The van der Waals surface area contributed by atoms with Gasteiger partial charge in [-0.25, -0.2) is 9.68 Å². The van der Waals surface area contributed by atoms with Crippen molar-refractivity contribution in [1.29, 1.82) is 0 Å². The van der Waals surface area contributed by atoms with Gasteiger partial charge in [-0.05, 0) is 17.9 Å². The van der Waals surface area contributed by atoms with Crippen LogP contribution in [0, 0.1) is 0 Å². The van der Waals surface area contributed by atoms with Crippen LogP contribution in [0.1, 0.15) is 32.1 Å². The van der Waals surface area contributed by atoms with Crippen LogP contribution < -0.4 is 11.5 Å². The number of hydrogen-bond acceptors (Lipinski definition) is 5. The number of rotatable bonds is 9. The summed E-state index contributed by atoms with van der Waals surface area (Å²) in [6.45, 7) is 0.295. The van der Waals surface area contributed by atoms with Crippen LogP contribution in [-0.2, 0) is 19.6 Å². The minimum absolute atomic E-state index is 0.288. The van der Waals surface area contributed by atoms with Gasteiger partial charge in [-0.15, -0.1) is 0 Å². The van der Waals surface area contributed by atoms with E-state index in [9.17, 15) is 9.59 Å². The van der Waals surface area contributed by atoms with Crippen molar-refractivity contribution in [2.75, 3.05) is 6.61 Å². The van der Waals surface area contributed by atoms with Crippen molar-refractivity contribution in [2.24, 2.45) is 11.5 Å². The summed E-state index contributed by atoms with van der Waals surface area (Å²) in [6.07, 6.45) is 2.63. The van der Waals surface area contributed by atoms with E-state index in [2.05, 4.69) is 20.5 Å². The zero-order chi connectivity index (χ0) is 11.5. The highest BCUT2D eigenvalue weighted by atomic mass is 17.5. The quantitative estimate of drug-likeness (QED) is 0.331. The van der Waals surface area contributed by atoms with Crippen LogP contribution in [0.15, 0.2) is 0 Å². The maximum Gasteiger partial charge on any atom is 0.439 e. The zero-order valence-corrected chi connectivity index (χ0v) is 8.44. The Morgan fingerprint density at radius 1 is 1.00 bits per heavy atom. The molecule has 15 heavy (non-hydrogen) atoms. The van der Waals surface area contributed by atoms with Crippen LogP contribution in [0.25, 0.3) is 0 Å². The predicted molar refractivity (Wildman–Crippen MR) is 50.0 cm³/mol. The van der Waals surface area contributed by atoms with Crippen molar-refractivity contribution in [1.82, 2.24) is 0 Å². The van der Waals surface area contributed by atoms with Crippen LogP contribution in [0.2, 0.25) is 0 Å². The van der Waals surface area contributed by atoms with Crippen LogP contribution in [0.5, 0.6) is 0 Å². The van der Waals surface area contributed by atoms with Crippen molar-refractivity contribution < 1.29 is 24.4 Å². The van der Waals surface area contributed by atoms with Crippen LogP contribution >= 0.6 is 0 Å². The Morgan fingerprint density at radius 2 is 1.67 bits per heavy atom. The molecule has 0 aromatic rings. The average molecular weight is 220 g/mol. The summed E-state index contributed by atoms with van der Waals surface area (Å²) in [5, 5.41) is 3.99. The summed E-state index contributed by atoms with van der Waals surface area (Å²) in [5.74, 6) is -0.288. The number of nitrogens with two attached hydrogens (primary N) is 2. The largest absolute Gasteiger partial charge is 0.439 e. The van der Waals surface area contributed by atoms with Crippen molar-refractivity contribution in [3.05, 3.63) is 0 Å². The van der Waals surface area contributed by atoms with Crippen LogP contribution in [-0.4, -0.2) is 18.6 Å². The summed E-state index contributed by atoms with van der Waals surface area (Å²) in [6, 6.07) is 0. The third kappa shape index (κ3) is 12.7. The molecule has 7 heteroatoms. The molecule has 0 aromatic carbocycles. The Bertz CT molecular complexity index is 177. The summed E-state index contributed by atoms with van der Waals surface area (Å²) < 4.78 is 0. The number of amides is 2. The van der Waals surface area contributed by atoms with E-state index in [1.54, 1.807) is 0 Å². The highest BCUT2D eigenvalue weighted by Gasteiger charge is 1.97. The summed E-state index contributed by atoms with van der Waals surface area (Å²) in [4.78, 5) is 28.7. The average Bonchev–Trinajstić information content (AvgIpc) is 2.14. The number of carbonyl (C=O) groups is 2. The normalized spacial score (nSPS) is 9.87. The van der Waals surface area contributed by atoms with Gasteiger partial charge in [-0.3, -0.25) is 4.79 Å². The Balaban J connectivity index is 2.99. The topological polar surface area (TPSA) is 114 Å². The molecule has 0 aromatic heterocycles. The maximum atomic E-state index is 10.4. The van der Waals surface area contributed by atoms with Gasteiger partial charge in [0.1, 0.15) is 0 Å². The molecule has 0 fully saturated rings. The Hall–Kier alpha value is -1.34. The first-order valence-corrected chi connectivity index (χ1v) is 4.67. The van der Waals surface area contributed by atoms with Crippen molar-refractivity contribution in [3.8, 4) is 0 Å². The molecule has 4 N–H and O–H groups in total. The standard InChI is InChI=1S/C8H16N2O5/c9-7(11)5-3-1-2-4-6-13-15-14-8(10)12/h1-6H2,(H2,9,11)(H2,10,12). The lowest BCUT2D eigenvalue weighted by Crippen LogP contribution is -2.13. The minimum atomic E-state index is -1.06. The van der Waals surface area contributed by atoms with E-state index >= 15 is 0 Å². The molecule has 0 aliphatic rings. The minimum Gasteiger partial charge on any atom is -0.370 e. The number of primary amides is 2. The maximum absolute atomic E-state index is 10.4. The molecule has 0 bridgehead atoms. The van der Waals surface area contributed by atoms with Crippen molar-refractivity contribution >= 4 is 12.0 Å². The van der Waals surface area contributed by atoms with Gasteiger partial charge < -0.3 is 11.5 Å². The van der Waals surface area contributed by atoms with Gasteiger partial charge >= 0.3 is 6.09 Å². The molecule has 7 nitrogen and oxygen atoms in total. The molecule has 0 heterocycles. The molecule has 0 radical (unpaired) electrons. The Morgan fingerprint density at radius 3 is 2.27 bits per heavy atom. The Kier molecular flexibility index (Phi) is 8.40. The number of carbonyl (C=O) groups excluding carboxylic acids is 2. The van der Waals surface area contributed by atoms with E-state index in [-0.39, 0.29) is 5.91 Å². The fourth-order valence-electron chi connectivity index (χ4n) is 0.905. The summed E-state index contributed by atoms with van der Waals surface area (Å²) in [7, 11) is 0. The highest BCUT2D eigenvalue weighted by molar-refractivity contribution is 5.73. The second kappa shape index (κ2) is 9.22. The number of unbranched alkanes of at least 4 members (excludes halogenated alkanes) is 3. The van der Waals surface area contributed by atoms with E-state index in [1.807, 2.05) is 0 Å². The molecule has 0 spiro atoms. The van der Waals surface area contributed by atoms with Gasteiger partial charge in [0.05, 0.1) is 6.61 Å². The van der Waals surface area contributed by atoms with E-state index in [0.29, 0.717) is 13.0 Å². The second-order valence-corrected chi connectivity index (χ2v) is 2.92. The lowest BCUT2D eigenvalue weighted by molar-refractivity contribution is -0.480. The molecule has 0 aliphatic carbocycles. The first-order chi connectivity index (χ1) is 7.13. The molecular weight excluding hydrogens is 204 g/mol. The van der Waals surface area contributed by atoms with E-state index in [1.165, 1.54) is 0 Å². The molecule has 2 amide bonds. The monoisotopic (exact) mass is 220 g/mol. The van der Waals surface area contributed by atoms with Crippen molar-refractivity contribution in [3.63, 3.8) is 0 Å². The first-order valence-electron chi connectivity index (χ1n) is 4.67.